The summed E-state index contributed by atoms with van der Waals surface area (Å²) >= 11 is 0. The van der Waals surface area contributed by atoms with Crippen LogP contribution in [0.15, 0.2) is 48.5 Å². The molecular formula is C19H20FNO. The van der Waals surface area contributed by atoms with Gasteiger partial charge in [0, 0.05) is 0 Å². The lowest BCUT2D eigenvalue weighted by Gasteiger charge is -2.37. The van der Waals surface area contributed by atoms with Gasteiger partial charge in [-0.1, -0.05) is 36.4 Å². The summed E-state index contributed by atoms with van der Waals surface area (Å²) in [7, 11) is 0. The summed E-state index contributed by atoms with van der Waals surface area (Å²) in [6.07, 6.45) is 3.26. The van der Waals surface area contributed by atoms with Crippen LogP contribution in [0.4, 0.5) is 4.39 Å². The Bertz CT molecular complexity index is 697. The lowest BCUT2D eigenvalue weighted by molar-refractivity contribution is -0.122. The zero-order valence-corrected chi connectivity index (χ0v) is 12.7. The van der Waals surface area contributed by atoms with Gasteiger partial charge in [-0.2, -0.15) is 0 Å². The molecule has 0 radical (unpaired) electrons. The van der Waals surface area contributed by atoms with Crippen LogP contribution in [-0.4, -0.2) is 5.91 Å². The van der Waals surface area contributed by atoms with E-state index in [2.05, 4.69) is 24.4 Å². The van der Waals surface area contributed by atoms with Crippen molar-refractivity contribution >= 4 is 5.91 Å². The number of rotatable bonds is 3. The van der Waals surface area contributed by atoms with Crippen molar-refractivity contribution in [1.29, 1.82) is 0 Å². The van der Waals surface area contributed by atoms with E-state index in [4.69, 9.17) is 0 Å². The first-order valence-electron chi connectivity index (χ1n) is 7.71. The molecule has 0 aliphatic heterocycles. The fourth-order valence-electron chi connectivity index (χ4n) is 3.36. The maximum Gasteiger partial charge on any atom is 0.225 e. The Kier molecular flexibility index (Phi) is 3.97. The Morgan fingerprint density at radius 3 is 2.86 bits per heavy atom. The minimum Gasteiger partial charge on any atom is -0.347 e. The summed E-state index contributed by atoms with van der Waals surface area (Å²) in [4.78, 5) is 12.4. The van der Waals surface area contributed by atoms with Crippen molar-refractivity contribution in [2.75, 3.05) is 0 Å². The second-order valence-corrected chi connectivity index (χ2v) is 6.20. The Morgan fingerprint density at radius 2 is 2.05 bits per heavy atom. The topological polar surface area (TPSA) is 29.1 Å². The maximum absolute atomic E-state index is 13.2. The Labute approximate surface area is 130 Å². The highest BCUT2D eigenvalue weighted by atomic mass is 19.1. The molecule has 2 aromatic rings. The van der Waals surface area contributed by atoms with Crippen molar-refractivity contribution in [2.45, 2.75) is 38.1 Å². The molecule has 1 aliphatic rings. The predicted molar refractivity (Wildman–Crippen MR) is 85.0 cm³/mol. The van der Waals surface area contributed by atoms with Gasteiger partial charge in [0.2, 0.25) is 5.91 Å². The fraction of sp³-hybridized carbons (Fsp3) is 0.316. The van der Waals surface area contributed by atoms with Crippen LogP contribution in [0, 0.1) is 5.82 Å². The molecular weight excluding hydrogens is 277 g/mol. The van der Waals surface area contributed by atoms with Crippen molar-refractivity contribution in [3.63, 3.8) is 0 Å². The smallest absolute Gasteiger partial charge is 0.225 e. The average Bonchev–Trinajstić information content (AvgIpc) is 2.47. The summed E-state index contributed by atoms with van der Waals surface area (Å²) in [6.45, 7) is 2.08. The van der Waals surface area contributed by atoms with Crippen molar-refractivity contribution in [3.05, 3.63) is 71.0 Å². The van der Waals surface area contributed by atoms with Crippen LogP contribution in [0.25, 0.3) is 0 Å². The van der Waals surface area contributed by atoms with Crippen molar-refractivity contribution in [1.82, 2.24) is 5.32 Å². The van der Waals surface area contributed by atoms with Gasteiger partial charge in [0.05, 0.1) is 12.0 Å². The monoisotopic (exact) mass is 297 g/mol. The highest BCUT2D eigenvalue weighted by molar-refractivity contribution is 5.79. The number of nitrogens with one attached hydrogen (secondary N) is 1. The fourth-order valence-corrected chi connectivity index (χ4v) is 3.36. The van der Waals surface area contributed by atoms with E-state index in [9.17, 15) is 9.18 Å². The number of halogens is 1. The van der Waals surface area contributed by atoms with Crippen molar-refractivity contribution in [3.8, 4) is 0 Å². The third kappa shape index (κ3) is 3.03. The summed E-state index contributed by atoms with van der Waals surface area (Å²) in [5.41, 5.74) is 2.88. The number of benzene rings is 2. The molecule has 0 aromatic heterocycles. The number of hydrogen-bond acceptors (Lipinski definition) is 1. The zero-order chi connectivity index (χ0) is 15.6. The molecule has 1 N–H and O–H groups in total. The molecule has 2 nitrogen and oxygen atoms in total. The summed E-state index contributed by atoms with van der Waals surface area (Å²) in [6, 6.07) is 14.5. The average molecular weight is 297 g/mol. The van der Waals surface area contributed by atoms with E-state index in [-0.39, 0.29) is 23.7 Å². The van der Waals surface area contributed by atoms with Crippen LogP contribution >= 0.6 is 0 Å². The SMILES string of the molecule is CC1(NC(=O)Cc2cccc(F)c2)CCCc2ccccc21. The molecule has 0 saturated carbocycles. The minimum absolute atomic E-state index is 0.0650. The highest BCUT2D eigenvalue weighted by Crippen LogP contribution is 2.34. The van der Waals surface area contributed by atoms with Crippen LogP contribution in [0.2, 0.25) is 0 Å². The van der Waals surface area contributed by atoms with E-state index in [0.717, 1.165) is 19.3 Å². The van der Waals surface area contributed by atoms with E-state index in [1.165, 1.54) is 23.3 Å². The van der Waals surface area contributed by atoms with Gasteiger partial charge in [-0.3, -0.25) is 4.79 Å². The minimum atomic E-state index is -0.334. The lowest BCUT2D eigenvalue weighted by Crippen LogP contribution is -2.46. The second kappa shape index (κ2) is 5.91. The van der Waals surface area contributed by atoms with Gasteiger partial charge >= 0.3 is 0 Å². The highest BCUT2D eigenvalue weighted by Gasteiger charge is 2.32. The Balaban J connectivity index is 1.76. The third-order valence-electron chi connectivity index (χ3n) is 4.40. The number of fused-ring (bicyclic) bond motifs is 1. The molecule has 3 heteroatoms. The van der Waals surface area contributed by atoms with E-state index in [1.54, 1.807) is 12.1 Å². The molecule has 1 atom stereocenters. The van der Waals surface area contributed by atoms with E-state index >= 15 is 0 Å². The van der Waals surface area contributed by atoms with Gasteiger partial charge in [-0.15, -0.1) is 0 Å². The molecule has 1 unspecified atom stereocenters. The zero-order valence-electron chi connectivity index (χ0n) is 12.7. The van der Waals surface area contributed by atoms with Gasteiger partial charge in [0.1, 0.15) is 5.82 Å². The normalized spacial score (nSPS) is 20.3. The van der Waals surface area contributed by atoms with Gasteiger partial charge in [0.25, 0.3) is 0 Å². The quantitative estimate of drug-likeness (QED) is 0.919. The molecule has 0 spiro atoms. The Hall–Kier alpha value is -2.16. The first-order valence-corrected chi connectivity index (χ1v) is 7.71. The number of hydrogen-bond donors (Lipinski definition) is 1. The summed E-state index contributed by atoms with van der Waals surface area (Å²) in [5.74, 6) is -0.371. The van der Waals surface area contributed by atoms with E-state index < -0.39 is 0 Å². The molecule has 1 aliphatic carbocycles. The number of carbonyl (C=O) groups is 1. The molecule has 3 rings (SSSR count). The molecule has 22 heavy (non-hydrogen) atoms. The van der Waals surface area contributed by atoms with E-state index in [1.807, 2.05) is 12.1 Å². The van der Waals surface area contributed by atoms with Gasteiger partial charge in [-0.05, 0) is 55.0 Å². The number of carbonyl (C=O) groups excluding carboxylic acids is 1. The van der Waals surface area contributed by atoms with Gasteiger partial charge < -0.3 is 5.32 Å². The molecule has 0 bridgehead atoms. The Morgan fingerprint density at radius 1 is 1.23 bits per heavy atom. The second-order valence-electron chi connectivity index (χ2n) is 6.20. The number of amides is 1. The third-order valence-corrected chi connectivity index (χ3v) is 4.40. The summed E-state index contributed by atoms with van der Waals surface area (Å²) < 4.78 is 13.2. The largest absolute Gasteiger partial charge is 0.347 e. The molecule has 1 amide bonds. The van der Waals surface area contributed by atoms with Gasteiger partial charge in [-0.25, -0.2) is 4.39 Å². The van der Waals surface area contributed by atoms with Crippen molar-refractivity contribution in [2.24, 2.45) is 0 Å². The molecule has 0 heterocycles. The lowest BCUT2D eigenvalue weighted by atomic mass is 9.77. The summed E-state index contributed by atoms with van der Waals surface area (Å²) in [5, 5.41) is 3.16. The van der Waals surface area contributed by atoms with Crippen LogP contribution < -0.4 is 5.32 Å². The van der Waals surface area contributed by atoms with Gasteiger partial charge in [0.15, 0.2) is 0 Å². The van der Waals surface area contributed by atoms with Crippen LogP contribution in [0.5, 0.6) is 0 Å². The first-order chi connectivity index (χ1) is 10.6. The van der Waals surface area contributed by atoms with Crippen molar-refractivity contribution < 1.29 is 9.18 Å². The first kappa shape index (κ1) is 14.8. The molecule has 0 fully saturated rings. The van der Waals surface area contributed by atoms with E-state index in [0.29, 0.717) is 5.56 Å². The van der Waals surface area contributed by atoms with Crippen LogP contribution in [0.3, 0.4) is 0 Å². The molecule has 114 valence electrons. The number of aryl methyl sites for hydroxylation is 1. The molecule has 0 saturated heterocycles. The van der Waals surface area contributed by atoms with Crippen LogP contribution in [-0.2, 0) is 23.2 Å². The van der Waals surface area contributed by atoms with Crippen LogP contribution in [0.1, 0.15) is 36.5 Å². The predicted octanol–water partition coefficient (Wildman–Crippen LogP) is 3.74. The molecule has 2 aromatic carbocycles. The standard InChI is InChI=1S/C19H20FNO/c1-19(11-5-8-15-7-2-3-10-17(15)19)21-18(22)13-14-6-4-9-16(20)12-14/h2-4,6-7,9-10,12H,5,8,11,13H2,1H3,(H,21,22). The maximum atomic E-state index is 13.2.